The monoisotopic (exact) mass is 198 g/mol. The van der Waals surface area contributed by atoms with Crippen LogP contribution in [-0.4, -0.2) is 15.0 Å². The fourth-order valence-corrected chi connectivity index (χ4v) is 1.32. The van der Waals surface area contributed by atoms with Crippen LogP contribution in [0.3, 0.4) is 0 Å². The summed E-state index contributed by atoms with van der Waals surface area (Å²) in [7, 11) is 3.69. The molecule has 0 bridgehead atoms. The van der Waals surface area contributed by atoms with E-state index in [4.69, 9.17) is 4.74 Å². The lowest BCUT2D eigenvalue weighted by Gasteiger charge is -2.03. The molecule has 10 heavy (non-hydrogen) atoms. The molecular weight excluding hydrogens is 191 g/mol. The van der Waals surface area contributed by atoms with Gasteiger partial charge in [-0.25, -0.2) is 0 Å². The van der Waals surface area contributed by atoms with Crippen molar-refractivity contribution < 1.29 is 4.74 Å². The average Bonchev–Trinajstić information content (AvgIpc) is 1.88. The third-order valence-electron chi connectivity index (χ3n) is 1.36. The van der Waals surface area contributed by atoms with Gasteiger partial charge in [-0.05, 0) is 17.6 Å². The lowest BCUT2D eigenvalue weighted by Crippen LogP contribution is -2.05. The van der Waals surface area contributed by atoms with Gasteiger partial charge in [0.2, 0.25) is 0 Å². The quantitative estimate of drug-likeness (QED) is 0.605. The first-order chi connectivity index (χ1) is 4.74. The maximum atomic E-state index is 5.08. The Morgan fingerprint density at radius 3 is 2.70 bits per heavy atom. The number of methoxy groups -OCH3 is 1. The van der Waals surface area contributed by atoms with Gasteiger partial charge in [0.05, 0.1) is 7.11 Å². The minimum Gasteiger partial charge on any atom is -0.497 e. The van der Waals surface area contributed by atoms with Crippen LogP contribution in [0.5, 0.6) is 5.75 Å². The molecule has 0 amide bonds. The van der Waals surface area contributed by atoms with Crippen LogP contribution in [0.25, 0.3) is 0 Å². The predicted octanol–water partition coefficient (Wildman–Crippen LogP) is 0.716. The van der Waals surface area contributed by atoms with E-state index in [0.717, 1.165) is 15.7 Å². The van der Waals surface area contributed by atoms with Gasteiger partial charge in [-0.2, -0.15) is 0 Å². The van der Waals surface area contributed by atoms with Crippen molar-refractivity contribution in [3.63, 3.8) is 0 Å². The van der Waals surface area contributed by atoms with Gasteiger partial charge in [-0.15, -0.1) is 0 Å². The minimum atomic E-state index is 0.934. The molecule has 52 valence electrons. The van der Waals surface area contributed by atoms with Crippen molar-refractivity contribution >= 4 is 29.2 Å². The topological polar surface area (TPSA) is 9.23 Å². The van der Waals surface area contributed by atoms with Gasteiger partial charge in [0.15, 0.2) is 0 Å². The molecule has 1 nitrogen and oxygen atoms in total. The van der Waals surface area contributed by atoms with Gasteiger partial charge in [-0.3, -0.25) is 0 Å². The summed E-state index contributed by atoms with van der Waals surface area (Å²) in [5.41, 5.74) is 1.15. The second-order valence-electron chi connectivity index (χ2n) is 2.11. The van der Waals surface area contributed by atoms with E-state index in [1.165, 1.54) is 0 Å². The van der Waals surface area contributed by atoms with Crippen molar-refractivity contribution in [2.75, 3.05) is 7.11 Å². The molecule has 0 aliphatic rings. The Kier molecular flexibility index (Phi) is 2.38. The zero-order chi connectivity index (χ0) is 7.56. The molecule has 0 fully saturated rings. The molecule has 0 aliphatic heterocycles. The maximum absolute atomic E-state index is 5.08. The van der Waals surface area contributed by atoms with Crippen molar-refractivity contribution in [3.8, 4) is 5.75 Å². The fourth-order valence-electron chi connectivity index (χ4n) is 0.842. The van der Waals surface area contributed by atoms with Crippen molar-refractivity contribution in [2.24, 2.45) is 0 Å². The van der Waals surface area contributed by atoms with E-state index in [-0.39, 0.29) is 0 Å². The van der Waals surface area contributed by atoms with Gasteiger partial charge in [0.1, 0.15) is 13.6 Å². The second-order valence-corrected chi connectivity index (χ2v) is 3.03. The van der Waals surface area contributed by atoms with E-state index in [1.807, 2.05) is 26.0 Å². The first-order valence-electron chi connectivity index (χ1n) is 3.04. The SMILES string of the molecule is Bc1cc(Br)ccc1OC. The molecule has 0 N–H and O–H groups in total. The highest BCUT2D eigenvalue weighted by Crippen LogP contribution is 2.12. The highest BCUT2D eigenvalue weighted by molar-refractivity contribution is 9.10. The Balaban J connectivity index is 3.07. The lowest BCUT2D eigenvalue weighted by atomic mass is 9.95. The van der Waals surface area contributed by atoms with Crippen LogP contribution in [0.2, 0.25) is 0 Å². The molecule has 0 heterocycles. The summed E-state index contributed by atoms with van der Waals surface area (Å²) in [6.45, 7) is 0. The largest absolute Gasteiger partial charge is 0.497 e. The molecule has 0 aromatic heterocycles. The number of hydrogen-bond acceptors (Lipinski definition) is 1. The Labute approximate surface area is 69.9 Å². The summed E-state index contributed by atoms with van der Waals surface area (Å²) < 4.78 is 6.17. The minimum absolute atomic E-state index is 0.934. The van der Waals surface area contributed by atoms with Crippen LogP contribution in [-0.2, 0) is 0 Å². The van der Waals surface area contributed by atoms with Crippen LogP contribution >= 0.6 is 15.9 Å². The molecule has 0 aliphatic carbocycles. The fraction of sp³-hybridized carbons (Fsp3) is 0.143. The predicted molar refractivity (Wildman–Crippen MR) is 48.9 cm³/mol. The van der Waals surface area contributed by atoms with E-state index in [2.05, 4.69) is 15.9 Å². The summed E-state index contributed by atoms with van der Waals surface area (Å²) in [6, 6.07) is 5.93. The Hall–Kier alpha value is -0.435. The number of hydrogen-bond donors (Lipinski definition) is 0. The molecule has 0 saturated carbocycles. The van der Waals surface area contributed by atoms with Gasteiger partial charge in [-0.1, -0.05) is 22.0 Å². The summed E-state index contributed by atoms with van der Waals surface area (Å²) >= 11 is 3.37. The Bertz CT molecular complexity index is 237. The molecule has 0 unspecified atom stereocenters. The number of ether oxygens (including phenoxy) is 1. The van der Waals surface area contributed by atoms with E-state index < -0.39 is 0 Å². The molecular formula is C7H8BBrO. The third kappa shape index (κ3) is 1.54. The third-order valence-corrected chi connectivity index (χ3v) is 1.85. The first kappa shape index (κ1) is 7.67. The lowest BCUT2D eigenvalue weighted by molar-refractivity contribution is 0.418. The molecule has 0 spiro atoms. The maximum Gasteiger partial charge on any atom is 0.144 e. The first-order valence-corrected chi connectivity index (χ1v) is 3.83. The van der Waals surface area contributed by atoms with Crippen LogP contribution in [0, 0.1) is 0 Å². The molecule has 0 radical (unpaired) electrons. The van der Waals surface area contributed by atoms with Crippen LogP contribution in [0.1, 0.15) is 0 Å². The van der Waals surface area contributed by atoms with Gasteiger partial charge in [0, 0.05) is 4.47 Å². The summed E-state index contributed by atoms with van der Waals surface area (Å²) in [5, 5.41) is 0. The van der Waals surface area contributed by atoms with Gasteiger partial charge < -0.3 is 4.74 Å². The molecule has 1 aromatic carbocycles. The molecule has 1 aromatic rings. The van der Waals surface area contributed by atoms with Crippen molar-refractivity contribution in [3.05, 3.63) is 22.7 Å². The van der Waals surface area contributed by atoms with Gasteiger partial charge >= 0.3 is 0 Å². The zero-order valence-electron chi connectivity index (χ0n) is 6.02. The number of rotatable bonds is 1. The normalized spacial score (nSPS) is 9.40. The van der Waals surface area contributed by atoms with Crippen LogP contribution in [0.4, 0.5) is 0 Å². The van der Waals surface area contributed by atoms with E-state index in [1.54, 1.807) is 7.11 Å². The molecule has 3 heteroatoms. The van der Waals surface area contributed by atoms with Crippen LogP contribution < -0.4 is 10.2 Å². The standard InChI is InChI=1S/C7H8BBrO/c1-10-7-3-2-5(9)4-6(7)8/h2-4H,8H2,1H3. The van der Waals surface area contributed by atoms with Crippen molar-refractivity contribution in [1.82, 2.24) is 0 Å². The zero-order valence-corrected chi connectivity index (χ0v) is 7.60. The average molecular weight is 199 g/mol. The smallest absolute Gasteiger partial charge is 0.144 e. The molecule has 0 atom stereocenters. The second kappa shape index (κ2) is 3.10. The Morgan fingerprint density at radius 1 is 1.50 bits per heavy atom. The highest BCUT2D eigenvalue weighted by Gasteiger charge is 1.95. The van der Waals surface area contributed by atoms with Crippen molar-refractivity contribution in [1.29, 1.82) is 0 Å². The summed E-state index contributed by atoms with van der Waals surface area (Å²) in [6.07, 6.45) is 0. The van der Waals surface area contributed by atoms with Crippen molar-refractivity contribution in [2.45, 2.75) is 0 Å². The Morgan fingerprint density at radius 2 is 2.20 bits per heavy atom. The van der Waals surface area contributed by atoms with E-state index >= 15 is 0 Å². The van der Waals surface area contributed by atoms with E-state index in [0.29, 0.717) is 0 Å². The van der Waals surface area contributed by atoms with Gasteiger partial charge in [0.25, 0.3) is 0 Å². The molecule has 0 saturated heterocycles. The summed E-state index contributed by atoms with van der Waals surface area (Å²) in [4.78, 5) is 0. The molecule has 1 rings (SSSR count). The highest BCUT2D eigenvalue weighted by atomic mass is 79.9. The van der Waals surface area contributed by atoms with E-state index in [9.17, 15) is 0 Å². The summed E-state index contributed by atoms with van der Waals surface area (Å²) in [5.74, 6) is 0.934. The number of benzene rings is 1. The number of halogens is 1. The van der Waals surface area contributed by atoms with Crippen LogP contribution in [0.15, 0.2) is 22.7 Å².